The Hall–Kier alpha value is -0.770. The first-order valence-corrected chi connectivity index (χ1v) is 7.53. The number of carbonyl (C=O) groups excluding carboxylic acids is 1. The van der Waals surface area contributed by atoms with E-state index in [0.29, 0.717) is 5.92 Å². The lowest BCUT2D eigenvalue weighted by Crippen LogP contribution is -2.48. The van der Waals surface area contributed by atoms with E-state index in [1.54, 1.807) is 0 Å². The molecule has 1 aliphatic rings. The highest BCUT2D eigenvalue weighted by Crippen LogP contribution is 2.15. The quantitative estimate of drug-likeness (QED) is 0.835. The molecule has 0 saturated carbocycles. The minimum Gasteiger partial charge on any atom is -0.444 e. The summed E-state index contributed by atoms with van der Waals surface area (Å²) >= 11 is 0. The Morgan fingerprint density at radius 1 is 1.32 bits per heavy atom. The number of alkyl carbamates (subject to hydrolysis) is 1. The Kier molecular flexibility index (Phi) is 6.11. The minimum atomic E-state index is -0.433. The first kappa shape index (κ1) is 16.3. The summed E-state index contributed by atoms with van der Waals surface area (Å²) in [5, 5.41) is 3.05. The summed E-state index contributed by atoms with van der Waals surface area (Å²) in [6.07, 6.45) is 3.32. The summed E-state index contributed by atoms with van der Waals surface area (Å²) < 4.78 is 5.36. The second kappa shape index (κ2) is 7.13. The largest absolute Gasteiger partial charge is 0.444 e. The van der Waals surface area contributed by atoms with Gasteiger partial charge in [-0.1, -0.05) is 20.3 Å². The van der Waals surface area contributed by atoms with E-state index in [1.807, 2.05) is 20.8 Å². The number of ether oxygens (including phenoxy) is 1. The van der Waals surface area contributed by atoms with Crippen LogP contribution in [0.1, 0.15) is 53.9 Å². The molecule has 1 N–H and O–H groups in total. The second-order valence-electron chi connectivity index (χ2n) is 6.65. The number of hydrogen-bond donors (Lipinski definition) is 1. The molecule has 19 heavy (non-hydrogen) atoms. The van der Waals surface area contributed by atoms with Crippen molar-refractivity contribution in [3.05, 3.63) is 0 Å². The van der Waals surface area contributed by atoms with Crippen LogP contribution >= 0.6 is 0 Å². The number of carbonyl (C=O) groups is 1. The van der Waals surface area contributed by atoms with Gasteiger partial charge in [-0.3, -0.25) is 0 Å². The van der Waals surface area contributed by atoms with Crippen LogP contribution in [0.25, 0.3) is 0 Å². The summed E-state index contributed by atoms with van der Waals surface area (Å²) in [7, 11) is 0. The molecule has 4 nitrogen and oxygen atoms in total. The lowest BCUT2D eigenvalue weighted by atomic mass is 9.99. The molecule has 0 aliphatic carbocycles. The Morgan fingerprint density at radius 2 is 1.89 bits per heavy atom. The molecule has 0 spiro atoms. The molecule has 1 aliphatic heterocycles. The van der Waals surface area contributed by atoms with Crippen LogP contribution in [0.5, 0.6) is 0 Å². The first-order chi connectivity index (χ1) is 8.81. The maximum absolute atomic E-state index is 11.9. The van der Waals surface area contributed by atoms with Gasteiger partial charge in [0, 0.05) is 12.6 Å². The van der Waals surface area contributed by atoms with E-state index in [1.165, 1.54) is 12.8 Å². The molecule has 1 fully saturated rings. The predicted molar refractivity (Wildman–Crippen MR) is 78.3 cm³/mol. The fourth-order valence-electron chi connectivity index (χ4n) is 2.35. The van der Waals surface area contributed by atoms with Gasteiger partial charge in [-0.05, 0) is 52.6 Å². The molecule has 1 rings (SSSR count). The third-order valence-corrected chi connectivity index (χ3v) is 3.69. The fraction of sp³-hybridized carbons (Fsp3) is 0.933. The molecule has 0 aromatic rings. The Bertz CT molecular complexity index is 280. The van der Waals surface area contributed by atoms with Crippen LogP contribution in [0.2, 0.25) is 0 Å². The predicted octanol–water partition coefficient (Wildman–Crippen LogP) is 3.02. The van der Waals surface area contributed by atoms with Gasteiger partial charge in [0.05, 0.1) is 0 Å². The summed E-state index contributed by atoms with van der Waals surface area (Å²) in [5.74, 6) is 0.466. The third-order valence-electron chi connectivity index (χ3n) is 3.69. The number of hydrogen-bond acceptors (Lipinski definition) is 3. The monoisotopic (exact) mass is 270 g/mol. The van der Waals surface area contributed by atoms with Crippen molar-refractivity contribution < 1.29 is 9.53 Å². The van der Waals surface area contributed by atoms with Crippen LogP contribution in [0.4, 0.5) is 4.79 Å². The maximum Gasteiger partial charge on any atom is 0.407 e. The minimum absolute atomic E-state index is 0.179. The molecule has 0 aromatic heterocycles. The highest BCUT2D eigenvalue weighted by molar-refractivity contribution is 5.68. The van der Waals surface area contributed by atoms with Gasteiger partial charge in [-0.15, -0.1) is 0 Å². The fourth-order valence-corrected chi connectivity index (χ4v) is 2.35. The van der Waals surface area contributed by atoms with Gasteiger partial charge in [-0.2, -0.15) is 0 Å². The van der Waals surface area contributed by atoms with E-state index in [9.17, 15) is 4.79 Å². The molecule has 1 saturated heterocycles. The van der Waals surface area contributed by atoms with Crippen LogP contribution in [0, 0.1) is 5.92 Å². The van der Waals surface area contributed by atoms with E-state index in [4.69, 9.17) is 4.74 Å². The number of nitrogens with zero attached hydrogens (tertiary/aromatic N) is 1. The summed E-state index contributed by atoms with van der Waals surface area (Å²) in [4.78, 5) is 14.4. The van der Waals surface area contributed by atoms with E-state index in [2.05, 4.69) is 24.1 Å². The van der Waals surface area contributed by atoms with E-state index < -0.39 is 5.60 Å². The average molecular weight is 270 g/mol. The van der Waals surface area contributed by atoms with Gasteiger partial charge in [-0.25, -0.2) is 4.79 Å². The Labute approximate surface area is 117 Å². The Balaban J connectivity index is 2.51. The molecule has 1 heterocycles. The Morgan fingerprint density at radius 3 is 2.37 bits per heavy atom. The summed E-state index contributed by atoms with van der Waals surface area (Å²) in [6.45, 7) is 13.3. The number of rotatable bonds is 5. The molecular weight excluding hydrogens is 240 g/mol. The third kappa shape index (κ3) is 6.28. The lowest BCUT2D eigenvalue weighted by molar-refractivity contribution is 0.0473. The number of nitrogens with one attached hydrogen (secondary N) is 1. The lowest BCUT2D eigenvalue weighted by Gasteiger charge is -2.30. The van der Waals surface area contributed by atoms with Crippen LogP contribution in [-0.2, 0) is 4.74 Å². The first-order valence-electron chi connectivity index (χ1n) is 7.53. The van der Waals surface area contributed by atoms with Crippen molar-refractivity contribution in [3.8, 4) is 0 Å². The number of likely N-dealkylation sites (tertiary alicyclic amines) is 1. The van der Waals surface area contributed by atoms with Crippen molar-refractivity contribution in [3.63, 3.8) is 0 Å². The molecule has 0 aromatic carbocycles. The van der Waals surface area contributed by atoms with E-state index >= 15 is 0 Å². The van der Waals surface area contributed by atoms with Gasteiger partial charge in [0.15, 0.2) is 0 Å². The maximum atomic E-state index is 11.9. The smallest absolute Gasteiger partial charge is 0.407 e. The van der Waals surface area contributed by atoms with E-state index in [0.717, 1.165) is 26.1 Å². The molecule has 1 amide bonds. The molecular formula is C15H30N2O2. The molecule has 1 unspecified atom stereocenters. The van der Waals surface area contributed by atoms with Crippen molar-refractivity contribution in [2.75, 3.05) is 19.6 Å². The standard InChI is InChI=1S/C15H30N2O2/c1-6-12(2)13(11-17-9-7-8-10-17)16-14(18)19-15(3,4)5/h12-13H,6-11H2,1-5H3,(H,16,18)/t12?,13-/m1/s1. The van der Waals surface area contributed by atoms with Crippen LogP contribution < -0.4 is 5.32 Å². The normalized spacial score (nSPS) is 20.1. The average Bonchev–Trinajstić information content (AvgIpc) is 2.77. The highest BCUT2D eigenvalue weighted by atomic mass is 16.6. The van der Waals surface area contributed by atoms with Crippen molar-refractivity contribution in [1.82, 2.24) is 10.2 Å². The molecule has 2 atom stereocenters. The summed E-state index contributed by atoms with van der Waals surface area (Å²) in [6, 6.07) is 0.179. The van der Waals surface area contributed by atoms with E-state index in [-0.39, 0.29) is 12.1 Å². The summed E-state index contributed by atoms with van der Waals surface area (Å²) in [5.41, 5.74) is -0.433. The highest BCUT2D eigenvalue weighted by Gasteiger charge is 2.25. The van der Waals surface area contributed by atoms with Gasteiger partial charge >= 0.3 is 6.09 Å². The van der Waals surface area contributed by atoms with Crippen LogP contribution in [0.15, 0.2) is 0 Å². The van der Waals surface area contributed by atoms with Crippen molar-refractivity contribution in [2.45, 2.75) is 65.5 Å². The SMILES string of the molecule is CCC(C)[C@@H](CN1CCCC1)NC(=O)OC(C)(C)C. The van der Waals surface area contributed by atoms with Crippen LogP contribution in [-0.4, -0.2) is 42.3 Å². The van der Waals surface area contributed by atoms with Gasteiger partial charge in [0.2, 0.25) is 0 Å². The van der Waals surface area contributed by atoms with Gasteiger partial charge in [0.1, 0.15) is 5.60 Å². The van der Waals surface area contributed by atoms with Crippen LogP contribution in [0.3, 0.4) is 0 Å². The zero-order valence-corrected chi connectivity index (χ0v) is 13.2. The van der Waals surface area contributed by atoms with Gasteiger partial charge < -0.3 is 15.0 Å². The molecule has 0 radical (unpaired) electrons. The molecule has 4 heteroatoms. The topological polar surface area (TPSA) is 41.6 Å². The van der Waals surface area contributed by atoms with Crippen molar-refractivity contribution in [1.29, 1.82) is 0 Å². The zero-order valence-electron chi connectivity index (χ0n) is 13.2. The molecule has 0 bridgehead atoms. The molecule has 112 valence electrons. The van der Waals surface area contributed by atoms with Crippen molar-refractivity contribution >= 4 is 6.09 Å². The second-order valence-corrected chi connectivity index (χ2v) is 6.65. The number of amides is 1. The zero-order chi connectivity index (χ0) is 14.5. The van der Waals surface area contributed by atoms with Crippen molar-refractivity contribution in [2.24, 2.45) is 5.92 Å². The van der Waals surface area contributed by atoms with Gasteiger partial charge in [0.25, 0.3) is 0 Å².